The summed E-state index contributed by atoms with van der Waals surface area (Å²) in [4.78, 5) is 8.26. The van der Waals surface area contributed by atoms with Crippen molar-refractivity contribution in [1.29, 1.82) is 0 Å². The summed E-state index contributed by atoms with van der Waals surface area (Å²) in [5.41, 5.74) is 7.08. The molecule has 0 atom stereocenters. The zero-order valence-electron chi connectivity index (χ0n) is 9.85. The highest BCUT2D eigenvalue weighted by atomic mass is 19.1. The van der Waals surface area contributed by atoms with Gasteiger partial charge in [-0.3, -0.25) is 4.57 Å². The molecule has 0 fully saturated rings. The lowest BCUT2D eigenvalue weighted by molar-refractivity contribution is 0.570. The van der Waals surface area contributed by atoms with Crippen LogP contribution in [0.4, 0.5) is 8.78 Å². The lowest BCUT2D eigenvalue weighted by atomic mass is 10.2. The Morgan fingerprint density at radius 3 is 2.58 bits per heavy atom. The van der Waals surface area contributed by atoms with E-state index in [9.17, 15) is 8.78 Å². The van der Waals surface area contributed by atoms with Gasteiger partial charge in [-0.1, -0.05) is 6.07 Å². The number of imidazole rings is 1. The SMILES string of the molecule is NCc1cnc2c(c1)ncn2-c1c(F)cccc1F. The van der Waals surface area contributed by atoms with Gasteiger partial charge in [0.25, 0.3) is 0 Å². The van der Waals surface area contributed by atoms with Crippen LogP contribution in [0, 0.1) is 11.6 Å². The molecule has 6 heteroatoms. The molecule has 0 aliphatic rings. The topological polar surface area (TPSA) is 56.7 Å². The molecule has 0 aliphatic heterocycles. The van der Waals surface area contributed by atoms with E-state index >= 15 is 0 Å². The number of hydrogen-bond donors (Lipinski definition) is 1. The quantitative estimate of drug-likeness (QED) is 0.768. The molecule has 0 unspecified atom stereocenters. The summed E-state index contributed by atoms with van der Waals surface area (Å²) in [6.45, 7) is 0.337. The number of nitrogens with two attached hydrogens (primary N) is 1. The van der Waals surface area contributed by atoms with Gasteiger partial charge in [0, 0.05) is 12.7 Å². The largest absolute Gasteiger partial charge is 0.326 e. The van der Waals surface area contributed by atoms with E-state index in [0.29, 0.717) is 17.7 Å². The molecule has 0 spiro atoms. The van der Waals surface area contributed by atoms with Gasteiger partial charge in [-0.05, 0) is 23.8 Å². The van der Waals surface area contributed by atoms with Gasteiger partial charge < -0.3 is 5.73 Å². The lowest BCUT2D eigenvalue weighted by Gasteiger charge is -2.06. The van der Waals surface area contributed by atoms with Crippen molar-refractivity contribution in [2.24, 2.45) is 5.73 Å². The number of benzene rings is 1. The summed E-state index contributed by atoms with van der Waals surface area (Å²) >= 11 is 0. The molecule has 0 saturated carbocycles. The molecular formula is C13H10F2N4. The van der Waals surface area contributed by atoms with Gasteiger partial charge >= 0.3 is 0 Å². The molecule has 3 aromatic rings. The van der Waals surface area contributed by atoms with E-state index in [1.807, 2.05) is 0 Å². The van der Waals surface area contributed by atoms with Crippen LogP contribution in [0.25, 0.3) is 16.9 Å². The molecule has 0 saturated heterocycles. The van der Waals surface area contributed by atoms with Crippen molar-refractivity contribution in [3.05, 3.63) is 54.0 Å². The number of aromatic nitrogens is 3. The van der Waals surface area contributed by atoms with Gasteiger partial charge in [0.1, 0.15) is 29.2 Å². The van der Waals surface area contributed by atoms with Gasteiger partial charge in [0.05, 0.1) is 0 Å². The van der Waals surface area contributed by atoms with Gasteiger partial charge in [-0.25, -0.2) is 18.7 Å². The van der Waals surface area contributed by atoms with E-state index in [2.05, 4.69) is 9.97 Å². The third-order valence-corrected chi connectivity index (χ3v) is 2.86. The van der Waals surface area contributed by atoms with Crippen molar-refractivity contribution in [3.63, 3.8) is 0 Å². The number of nitrogens with zero attached hydrogens (tertiary/aromatic N) is 3. The first-order valence-corrected chi connectivity index (χ1v) is 5.67. The van der Waals surface area contributed by atoms with Gasteiger partial charge in [-0.15, -0.1) is 0 Å². The zero-order valence-corrected chi connectivity index (χ0v) is 9.85. The Kier molecular flexibility index (Phi) is 2.72. The third kappa shape index (κ3) is 1.86. The van der Waals surface area contributed by atoms with Crippen LogP contribution in [0.15, 0.2) is 36.8 Å². The molecule has 1 aromatic carbocycles. The maximum absolute atomic E-state index is 13.8. The highest BCUT2D eigenvalue weighted by Crippen LogP contribution is 2.22. The van der Waals surface area contributed by atoms with Crippen molar-refractivity contribution >= 4 is 11.2 Å². The third-order valence-electron chi connectivity index (χ3n) is 2.86. The van der Waals surface area contributed by atoms with E-state index in [4.69, 9.17) is 5.73 Å². The Hall–Kier alpha value is -2.34. The molecule has 96 valence electrons. The van der Waals surface area contributed by atoms with Crippen molar-refractivity contribution in [3.8, 4) is 5.69 Å². The fraction of sp³-hybridized carbons (Fsp3) is 0.0769. The van der Waals surface area contributed by atoms with Crippen LogP contribution < -0.4 is 5.73 Å². The number of hydrogen-bond acceptors (Lipinski definition) is 3. The Labute approximate surface area is 107 Å². The van der Waals surface area contributed by atoms with Crippen LogP contribution in [0.2, 0.25) is 0 Å². The fourth-order valence-corrected chi connectivity index (χ4v) is 1.94. The maximum Gasteiger partial charge on any atom is 0.164 e. The Morgan fingerprint density at radius 1 is 1.16 bits per heavy atom. The van der Waals surface area contributed by atoms with Crippen molar-refractivity contribution in [1.82, 2.24) is 14.5 Å². The van der Waals surface area contributed by atoms with E-state index in [-0.39, 0.29) is 5.69 Å². The Morgan fingerprint density at radius 2 is 1.89 bits per heavy atom. The van der Waals surface area contributed by atoms with Gasteiger partial charge in [0.2, 0.25) is 0 Å². The fourth-order valence-electron chi connectivity index (χ4n) is 1.94. The second kappa shape index (κ2) is 4.40. The van der Waals surface area contributed by atoms with Crippen LogP contribution in [-0.4, -0.2) is 14.5 Å². The van der Waals surface area contributed by atoms with Gasteiger partial charge in [0.15, 0.2) is 5.65 Å². The molecule has 0 bridgehead atoms. The van der Waals surface area contributed by atoms with Crippen molar-refractivity contribution < 1.29 is 8.78 Å². The molecule has 2 heterocycles. The van der Waals surface area contributed by atoms with Crippen LogP contribution in [0.3, 0.4) is 0 Å². The van der Waals surface area contributed by atoms with Crippen LogP contribution in [0.1, 0.15) is 5.56 Å². The van der Waals surface area contributed by atoms with E-state index < -0.39 is 11.6 Å². The van der Waals surface area contributed by atoms with E-state index in [1.165, 1.54) is 29.1 Å². The van der Waals surface area contributed by atoms with Crippen LogP contribution in [0.5, 0.6) is 0 Å². The lowest BCUT2D eigenvalue weighted by Crippen LogP contribution is -2.02. The first-order valence-electron chi connectivity index (χ1n) is 5.67. The summed E-state index contributed by atoms with van der Waals surface area (Å²) in [5, 5.41) is 0. The van der Waals surface area contributed by atoms with Gasteiger partial charge in [-0.2, -0.15) is 0 Å². The molecular weight excluding hydrogens is 250 g/mol. The predicted molar refractivity (Wildman–Crippen MR) is 66.7 cm³/mol. The first-order chi connectivity index (χ1) is 9.20. The monoisotopic (exact) mass is 260 g/mol. The van der Waals surface area contributed by atoms with E-state index in [1.54, 1.807) is 12.3 Å². The summed E-state index contributed by atoms with van der Waals surface area (Å²) in [6.07, 6.45) is 2.92. The second-order valence-corrected chi connectivity index (χ2v) is 4.08. The summed E-state index contributed by atoms with van der Waals surface area (Å²) in [7, 11) is 0. The molecule has 2 aromatic heterocycles. The summed E-state index contributed by atoms with van der Waals surface area (Å²) in [5.74, 6) is -1.33. The number of para-hydroxylation sites is 1. The van der Waals surface area contributed by atoms with Crippen molar-refractivity contribution in [2.75, 3.05) is 0 Å². The second-order valence-electron chi connectivity index (χ2n) is 4.08. The molecule has 4 nitrogen and oxygen atoms in total. The Balaban J connectivity index is 2.26. The zero-order chi connectivity index (χ0) is 13.4. The molecule has 3 rings (SSSR count). The minimum atomic E-state index is -0.663. The molecule has 0 aliphatic carbocycles. The number of fused-ring (bicyclic) bond motifs is 1. The van der Waals surface area contributed by atoms with Crippen LogP contribution >= 0.6 is 0 Å². The average molecular weight is 260 g/mol. The predicted octanol–water partition coefficient (Wildman–Crippen LogP) is 2.16. The average Bonchev–Trinajstić information content (AvgIpc) is 2.81. The number of halogens is 2. The van der Waals surface area contributed by atoms with E-state index in [0.717, 1.165) is 5.56 Å². The molecule has 19 heavy (non-hydrogen) atoms. The number of rotatable bonds is 2. The smallest absolute Gasteiger partial charge is 0.164 e. The maximum atomic E-state index is 13.8. The summed E-state index contributed by atoms with van der Waals surface area (Å²) in [6, 6.07) is 5.45. The minimum Gasteiger partial charge on any atom is -0.326 e. The minimum absolute atomic E-state index is 0.182. The van der Waals surface area contributed by atoms with Crippen molar-refractivity contribution in [2.45, 2.75) is 6.54 Å². The molecule has 2 N–H and O–H groups in total. The summed E-state index contributed by atoms with van der Waals surface area (Å²) < 4.78 is 28.8. The molecule has 0 amide bonds. The highest BCUT2D eigenvalue weighted by molar-refractivity contribution is 5.73. The molecule has 0 radical (unpaired) electrons. The number of pyridine rings is 1. The van der Waals surface area contributed by atoms with Crippen LogP contribution in [-0.2, 0) is 6.54 Å². The normalized spacial score (nSPS) is 11.1. The first kappa shape index (κ1) is 11.7. The Bertz CT molecular complexity index is 731. The standard InChI is InChI=1S/C13H10F2N4/c14-9-2-1-3-10(15)12(9)19-7-18-11-4-8(5-16)6-17-13(11)19/h1-4,6-7H,5,16H2. The highest BCUT2D eigenvalue weighted by Gasteiger charge is 2.14.